The molecule has 0 bridgehead atoms. The quantitative estimate of drug-likeness (QED) is 0.664. The lowest BCUT2D eigenvalue weighted by Crippen LogP contribution is -2.44. The third-order valence-corrected chi connectivity index (χ3v) is 4.06. The van der Waals surface area contributed by atoms with E-state index in [-0.39, 0.29) is 18.3 Å². The Morgan fingerprint density at radius 3 is 2.62 bits per heavy atom. The summed E-state index contributed by atoms with van der Waals surface area (Å²) in [4.78, 5) is 14.3. The van der Waals surface area contributed by atoms with Gasteiger partial charge in [-0.1, -0.05) is 12.1 Å². The highest BCUT2D eigenvalue weighted by atomic mass is 35.5. The molecule has 0 spiro atoms. The molecule has 1 fully saturated rings. The van der Waals surface area contributed by atoms with Gasteiger partial charge in [-0.05, 0) is 44.0 Å². The SMILES string of the molecule is CCOc1ccc(CCC(=O)NCCCN2CCNCC2)cc1.Cl. The van der Waals surface area contributed by atoms with Gasteiger partial charge >= 0.3 is 0 Å². The van der Waals surface area contributed by atoms with Crippen molar-refractivity contribution in [2.75, 3.05) is 45.9 Å². The van der Waals surface area contributed by atoms with Crippen LogP contribution in [0.1, 0.15) is 25.3 Å². The van der Waals surface area contributed by atoms with Crippen LogP contribution in [0.15, 0.2) is 24.3 Å². The maximum Gasteiger partial charge on any atom is 0.220 e. The van der Waals surface area contributed by atoms with Gasteiger partial charge in [0.1, 0.15) is 5.75 Å². The summed E-state index contributed by atoms with van der Waals surface area (Å²) < 4.78 is 5.41. The molecule has 1 heterocycles. The van der Waals surface area contributed by atoms with E-state index in [0.717, 1.165) is 57.9 Å². The third kappa shape index (κ3) is 7.99. The van der Waals surface area contributed by atoms with Gasteiger partial charge in [0.15, 0.2) is 0 Å². The Bertz CT molecular complexity index is 462. The van der Waals surface area contributed by atoms with E-state index < -0.39 is 0 Å². The summed E-state index contributed by atoms with van der Waals surface area (Å²) >= 11 is 0. The van der Waals surface area contributed by atoms with Crippen LogP contribution in [0.3, 0.4) is 0 Å². The van der Waals surface area contributed by atoms with Crippen molar-refractivity contribution < 1.29 is 9.53 Å². The molecule has 1 saturated heterocycles. The predicted molar refractivity (Wildman–Crippen MR) is 100 cm³/mol. The average molecular weight is 356 g/mol. The fourth-order valence-electron chi connectivity index (χ4n) is 2.73. The maximum atomic E-state index is 11.9. The molecule has 0 aliphatic carbocycles. The van der Waals surface area contributed by atoms with Crippen LogP contribution in [0.25, 0.3) is 0 Å². The highest BCUT2D eigenvalue weighted by Crippen LogP contribution is 2.13. The molecule has 1 amide bonds. The van der Waals surface area contributed by atoms with E-state index in [4.69, 9.17) is 4.74 Å². The van der Waals surface area contributed by atoms with Gasteiger partial charge in [0.25, 0.3) is 0 Å². The number of carbonyl (C=O) groups excluding carboxylic acids is 1. The summed E-state index contributed by atoms with van der Waals surface area (Å²) in [7, 11) is 0. The number of aryl methyl sites for hydroxylation is 1. The van der Waals surface area contributed by atoms with Crippen LogP contribution in [-0.4, -0.2) is 56.7 Å². The lowest BCUT2D eigenvalue weighted by atomic mass is 10.1. The molecular formula is C18H30ClN3O2. The number of hydrogen-bond acceptors (Lipinski definition) is 4. The maximum absolute atomic E-state index is 11.9. The number of hydrogen-bond donors (Lipinski definition) is 2. The van der Waals surface area contributed by atoms with Crippen LogP contribution in [0, 0.1) is 0 Å². The van der Waals surface area contributed by atoms with Gasteiger partial charge in [-0.2, -0.15) is 0 Å². The topological polar surface area (TPSA) is 53.6 Å². The Balaban J connectivity index is 0.00000288. The number of amides is 1. The molecule has 0 atom stereocenters. The highest BCUT2D eigenvalue weighted by Gasteiger charge is 2.08. The minimum absolute atomic E-state index is 0. The number of halogens is 1. The smallest absolute Gasteiger partial charge is 0.220 e. The monoisotopic (exact) mass is 355 g/mol. The van der Waals surface area contributed by atoms with Crippen molar-refractivity contribution >= 4 is 18.3 Å². The van der Waals surface area contributed by atoms with Crippen LogP contribution >= 0.6 is 12.4 Å². The fourth-order valence-corrected chi connectivity index (χ4v) is 2.73. The molecule has 0 saturated carbocycles. The molecule has 1 aromatic carbocycles. The van der Waals surface area contributed by atoms with Crippen molar-refractivity contribution in [2.45, 2.75) is 26.2 Å². The summed E-state index contributed by atoms with van der Waals surface area (Å²) in [5.41, 5.74) is 1.17. The van der Waals surface area contributed by atoms with Crippen molar-refractivity contribution in [3.63, 3.8) is 0 Å². The van der Waals surface area contributed by atoms with Crippen LogP contribution in [0.4, 0.5) is 0 Å². The number of rotatable bonds is 9. The molecule has 1 aromatic rings. The zero-order valence-corrected chi connectivity index (χ0v) is 15.4. The van der Waals surface area contributed by atoms with Gasteiger partial charge in [0.05, 0.1) is 6.61 Å². The van der Waals surface area contributed by atoms with Crippen molar-refractivity contribution in [1.29, 1.82) is 0 Å². The average Bonchev–Trinajstić information content (AvgIpc) is 2.59. The van der Waals surface area contributed by atoms with Crippen LogP contribution in [-0.2, 0) is 11.2 Å². The van der Waals surface area contributed by atoms with E-state index in [1.807, 2.05) is 31.2 Å². The van der Waals surface area contributed by atoms with Gasteiger partial charge in [0, 0.05) is 39.1 Å². The summed E-state index contributed by atoms with van der Waals surface area (Å²) in [6.45, 7) is 8.88. The second kappa shape index (κ2) is 12.1. The molecule has 0 radical (unpaired) electrons. The summed E-state index contributed by atoms with van der Waals surface area (Å²) in [6.07, 6.45) is 2.34. The van der Waals surface area contributed by atoms with E-state index in [1.165, 1.54) is 5.56 Å². The first-order valence-corrected chi connectivity index (χ1v) is 8.69. The second-order valence-corrected chi connectivity index (χ2v) is 5.87. The molecule has 136 valence electrons. The first-order valence-electron chi connectivity index (χ1n) is 8.69. The zero-order valence-electron chi connectivity index (χ0n) is 14.6. The molecule has 24 heavy (non-hydrogen) atoms. The zero-order chi connectivity index (χ0) is 16.3. The first-order chi connectivity index (χ1) is 11.3. The highest BCUT2D eigenvalue weighted by molar-refractivity contribution is 5.85. The normalized spacial score (nSPS) is 14.7. The van der Waals surface area contributed by atoms with E-state index in [1.54, 1.807) is 0 Å². The van der Waals surface area contributed by atoms with Gasteiger partial charge in [0.2, 0.25) is 5.91 Å². The summed E-state index contributed by atoms with van der Waals surface area (Å²) in [5.74, 6) is 1.02. The third-order valence-electron chi connectivity index (χ3n) is 4.06. The lowest BCUT2D eigenvalue weighted by Gasteiger charge is -2.27. The van der Waals surface area contributed by atoms with Crippen LogP contribution in [0.5, 0.6) is 5.75 Å². The van der Waals surface area contributed by atoms with Crippen LogP contribution < -0.4 is 15.4 Å². The second-order valence-electron chi connectivity index (χ2n) is 5.87. The number of benzene rings is 1. The van der Waals surface area contributed by atoms with E-state index in [2.05, 4.69) is 15.5 Å². The number of piperazine rings is 1. The molecule has 0 aromatic heterocycles. The molecule has 1 aliphatic heterocycles. The number of ether oxygens (including phenoxy) is 1. The van der Waals surface area contributed by atoms with Gasteiger partial charge in [-0.3, -0.25) is 4.79 Å². The Labute approximate surface area is 151 Å². The van der Waals surface area contributed by atoms with Crippen molar-refractivity contribution in [3.8, 4) is 5.75 Å². The predicted octanol–water partition coefficient (Wildman–Crippen LogP) is 1.85. The molecular weight excluding hydrogens is 326 g/mol. The van der Waals surface area contributed by atoms with Crippen molar-refractivity contribution in [1.82, 2.24) is 15.5 Å². The van der Waals surface area contributed by atoms with E-state index in [9.17, 15) is 4.79 Å². The van der Waals surface area contributed by atoms with Crippen LogP contribution in [0.2, 0.25) is 0 Å². The summed E-state index contributed by atoms with van der Waals surface area (Å²) in [6, 6.07) is 7.99. The van der Waals surface area contributed by atoms with Gasteiger partial charge < -0.3 is 20.3 Å². The standard InChI is InChI=1S/C18H29N3O2.ClH/c1-2-23-17-7-4-16(5-8-17)6-9-18(22)20-10-3-13-21-14-11-19-12-15-21;/h4-5,7-8,19H,2-3,6,9-15H2,1H3,(H,20,22);1H. The molecule has 1 aliphatic rings. The summed E-state index contributed by atoms with van der Waals surface area (Å²) in [5, 5.41) is 6.37. The molecule has 0 unspecified atom stereocenters. The minimum atomic E-state index is 0. The molecule has 6 heteroatoms. The van der Waals surface area contributed by atoms with Crippen molar-refractivity contribution in [3.05, 3.63) is 29.8 Å². The molecule has 5 nitrogen and oxygen atoms in total. The number of nitrogens with zero attached hydrogens (tertiary/aromatic N) is 1. The Morgan fingerprint density at radius 2 is 1.96 bits per heavy atom. The largest absolute Gasteiger partial charge is 0.494 e. The van der Waals surface area contributed by atoms with Gasteiger partial charge in [-0.15, -0.1) is 12.4 Å². The van der Waals surface area contributed by atoms with E-state index >= 15 is 0 Å². The molecule has 2 rings (SSSR count). The fraction of sp³-hybridized carbons (Fsp3) is 0.611. The Kier molecular flexibility index (Phi) is 10.5. The lowest BCUT2D eigenvalue weighted by molar-refractivity contribution is -0.121. The Hall–Kier alpha value is -1.30. The number of carbonyl (C=O) groups is 1. The molecule has 2 N–H and O–H groups in total. The van der Waals surface area contributed by atoms with E-state index in [0.29, 0.717) is 13.0 Å². The minimum Gasteiger partial charge on any atom is -0.494 e. The Morgan fingerprint density at radius 1 is 1.25 bits per heavy atom. The first kappa shape index (κ1) is 20.7. The van der Waals surface area contributed by atoms with Crippen molar-refractivity contribution in [2.24, 2.45) is 0 Å². The number of nitrogens with one attached hydrogen (secondary N) is 2. The van der Waals surface area contributed by atoms with Gasteiger partial charge in [-0.25, -0.2) is 0 Å².